The van der Waals surface area contributed by atoms with Gasteiger partial charge < -0.3 is 14.4 Å². The molecule has 6 nitrogen and oxygen atoms in total. The van der Waals surface area contributed by atoms with Gasteiger partial charge in [0.25, 0.3) is 0 Å². The lowest BCUT2D eigenvalue weighted by Crippen LogP contribution is -2.38. The molecule has 2 fully saturated rings. The van der Waals surface area contributed by atoms with Crippen molar-refractivity contribution in [3.8, 4) is 0 Å². The first-order valence-electron chi connectivity index (χ1n) is 9.73. The van der Waals surface area contributed by atoms with Crippen LogP contribution in [0.25, 0.3) is 10.9 Å². The van der Waals surface area contributed by atoms with E-state index in [4.69, 9.17) is 31.0 Å². The Balaban J connectivity index is 1.57. The van der Waals surface area contributed by atoms with Gasteiger partial charge in [0.1, 0.15) is 11.6 Å². The van der Waals surface area contributed by atoms with Crippen LogP contribution in [-0.4, -0.2) is 68.0 Å². The number of nitrogens with zero attached hydrogens (tertiary/aromatic N) is 4. The van der Waals surface area contributed by atoms with E-state index in [1.54, 1.807) is 7.11 Å². The molecule has 2 aromatic rings. The highest BCUT2D eigenvalue weighted by atomic mass is 35.5. The molecular formula is C20H27ClN4O2. The maximum atomic E-state index is 6.23. The Morgan fingerprint density at radius 2 is 1.93 bits per heavy atom. The topological polar surface area (TPSA) is 50.7 Å². The second-order valence-electron chi connectivity index (χ2n) is 7.40. The maximum Gasteiger partial charge on any atom is 0.145 e. The number of ether oxygens (including phenoxy) is 2. The monoisotopic (exact) mass is 390 g/mol. The van der Waals surface area contributed by atoms with Crippen LogP contribution in [0.3, 0.4) is 0 Å². The predicted octanol–water partition coefficient (Wildman–Crippen LogP) is 2.98. The van der Waals surface area contributed by atoms with Crippen LogP contribution >= 0.6 is 11.6 Å². The molecule has 0 spiro atoms. The molecule has 4 rings (SSSR count). The Bertz CT molecular complexity index is 774. The second-order valence-corrected chi connectivity index (χ2v) is 7.84. The average molecular weight is 391 g/mol. The van der Waals surface area contributed by atoms with E-state index in [2.05, 4.69) is 9.80 Å². The van der Waals surface area contributed by atoms with E-state index in [9.17, 15) is 0 Å². The molecule has 0 atom stereocenters. The number of rotatable bonds is 5. The molecule has 2 aliphatic heterocycles. The fraction of sp³-hybridized carbons (Fsp3) is 0.600. The van der Waals surface area contributed by atoms with Crippen molar-refractivity contribution in [1.29, 1.82) is 0 Å². The number of likely N-dealkylation sites (tertiary alicyclic amines) is 1. The summed E-state index contributed by atoms with van der Waals surface area (Å²) >= 11 is 6.23. The average Bonchev–Trinajstić information content (AvgIpc) is 2.69. The highest BCUT2D eigenvalue weighted by molar-refractivity contribution is 6.31. The summed E-state index contributed by atoms with van der Waals surface area (Å²) in [5, 5.41) is 1.77. The van der Waals surface area contributed by atoms with Gasteiger partial charge in [-0.1, -0.05) is 11.6 Å². The summed E-state index contributed by atoms with van der Waals surface area (Å²) in [6.45, 7) is 6.96. The van der Waals surface area contributed by atoms with Gasteiger partial charge in [-0.3, -0.25) is 4.90 Å². The molecule has 0 unspecified atom stereocenters. The van der Waals surface area contributed by atoms with E-state index in [0.29, 0.717) is 10.9 Å². The molecule has 0 aliphatic carbocycles. The van der Waals surface area contributed by atoms with Crippen LogP contribution in [0.1, 0.15) is 18.7 Å². The van der Waals surface area contributed by atoms with Crippen molar-refractivity contribution >= 4 is 28.3 Å². The van der Waals surface area contributed by atoms with Gasteiger partial charge >= 0.3 is 0 Å². The highest BCUT2D eigenvalue weighted by Crippen LogP contribution is 2.28. The maximum absolute atomic E-state index is 6.23. The van der Waals surface area contributed by atoms with E-state index in [1.165, 1.54) is 12.8 Å². The third-order valence-corrected chi connectivity index (χ3v) is 5.71. The minimum absolute atomic E-state index is 0.673. The molecule has 1 aromatic heterocycles. The first-order valence-corrected chi connectivity index (χ1v) is 10.1. The Hall–Kier alpha value is -1.47. The van der Waals surface area contributed by atoms with Crippen LogP contribution in [0, 0.1) is 5.92 Å². The summed E-state index contributed by atoms with van der Waals surface area (Å²) in [6.07, 6.45) is 2.34. The smallest absolute Gasteiger partial charge is 0.145 e. The number of morpholine rings is 1. The largest absolute Gasteiger partial charge is 0.384 e. The Kier molecular flexibility index (Phi) is 6.08. The van der Waals surface area contributed by atoms with Crippen LogP contribution in [0.4, 0.5) is 5.82 Å². The van der Waals surface area contributed by atoms with Crippen LogP contribution < -0.4 is 4.90 Å². The molecule has 1 aromatic carbocycles. The number of benzene rings is 1. The lowest BCUT2D eigenvalue weighted by Gasteiger charge is -2.32. The third kappa shape index (κ3) is 4.51. The Labute approximate surface area is 165 Å². The number of hydrogen-bond donors (Lipinski definition) is 0. The molecule has 0 saturated carbocycles. The van der Waals surface area contributed by atoms with Crippen LogP contribution in [-0.2, 0) is 16.0 Å². The van der Waals surface area contributed by atoms with Gasteiger partial charge in [-0.05, 0) is 50.0 Å². The van der Waals surface area contributed by atoms with E-state index in [1.807, 2.05) is 18.2 Å². The normalized spacial score (nSPS) is 19.7. The minimum Gasteiger partial charge on any atom is -0.384 e. The van der Waals surface area contributed by atoms with E-state index in [0.717, 1.165) is 75.1 Å². The number of fused-ring (bicyclic) bond motifs is 1. The summed E-state index contributed by atoms with van der Waals surface area (Å²) < 4.78 is 10.8. The molecule has 2 saturated heterocycles. The van der Waals surface area contributed by atoms with Gasteiger partial charge in [0.2, 0.25) is 0 Å². The number of hydrogen-bond acceptors (Lipinski definition) is 6. The zero-order valence-corrected chi connectivity index (χ0v) is 16.6. The minimum atomic E-state index is 0.673. The number of halogens is 1. The van der Waals surface area contributed by atoms with Gasteiger partial charge in [-0.25, -0.2) is 9.97 Å². The summed E-state index contributed by atoms with van der Waals surface area (Å²) in [7, 11) is 1.79. The van der Waals surface area contributed by atoms with Gasteiger partial charge in [-0.2, -0.15) is 0 Å². The predicted molar refractivity (Wildman–Crippen MR) is 107 cm³/mol. The molecule has 0 radical (unpaired) electrons. The van der Waals surface area contributed by atoms with E-state index >= 15 is 0 Å². The zero-order valence-electron chi connectivity index (χ0n) is 15.9. The molecule has 2 aliphatic rings. The Morgan fingerprint density at radius 3 is 2.67 bits per heavy atom. The molecule has 7 heteroatoms. The molecular weight excluding hydrogens is 364 g/mol. The van der Waals surface area contributed by atoms with Gasteiger partial charge in [0.05, 0.1) is 25.3 Å². The molecule has 0 amide bonds. The standard InChI is InChI=1S/C20H27ClN4O2/c1-26-14-15-4-6-24(7-5-15)13-19-22-18-12-16(21)2-3-17(18)20(23-19)25-8-10-27-11-9-25/h2-3,12,15H,4-11,13-14H2,1H3. The quantitative estimate of drug-likeness (QED) is 0.782. The fourth-order valence-corrected chi connectivity index (χ4v) is 4.13. The van der Waals surface area contributed by atoms with E-state index < -0.39 is 0 Å². The lowest BCUT2D eigenvalue weighted by molar-refractivity contribution is 0.0958. The van der Waals surface area contributed by atoms with Crippen molar-refractivity contribution in [2.45, 2.75) is 19.4 Å². The van der Waals surface area contributed by atoms with Crippen molar-refractivity contribution in [1.82, 2.24) is 14.9 Å². The van der Waals surface area contributed by atoms with Crippen molar-refractivity contribution in [2.75, 3.05) is 58.0 Å². The summed E-state index contributed by atoms with van der Waals surface area (Å²) in [4.78, 5) is 14.5. The number of piperidine rings is 1. The van der Waals surface area contributed by atoms with Crippen molar-refractivity contribution < 1.29 is 9.47 Å². The summed E-state index contributed by atoms with van der Waals surface area (Å²) in [5.74, 6) is 2.55. The van der Waals surface area contributed by atoms with Crippen molar-refractivity contribution in [3.63, 3.8) is 0 Å². The highest BCUT2D eigenvalue weighted by Gasteiger charge is 2.22. The molecule has 3 heterocycles. The first kappa shape index (κ1) is 18.9. The number of aromatic nitrogens is 2. The van der Waals surface area contributed by atoms with Gasteiger partial charge in [-0.15, -0.1) is 0 Å². The summed E-state index contributed by atoms with van der Waals surface area (Å²) in [5.41, 5.74) is 0.920. The first-order chi connectivity index (χ1) is 13.2. The number of anilines is 1. The summed E-state index contributed by atoms with van der Waals surface area (Å²) in [6, 6.07) is 5.89. The zero-order chi connectivity index (χ0) is 18.6. The molecule has 146 valence electrons. The SMILES string of the molecule is COCC1CCN(Cc2nc(N3CCOCC3)c3ccc(Cl)cc3n2)CC1. The molecule has 0 bridgehead atoms. The van der Waals surface area contributed by atoms with Crippen molar-refractivity contribution in [3.05, 3.63) is 29.0 Å². The molecule has 27 heavy (non-hydrogen) atoms. The van der Waals surface area contributed by atoms with Gasteiger partial charge in [0.15, 0.2) is 0 Å². The van der Waals surface area contributed by atoms with Gasteiger partial charge in [0, 0.05) is 37.2 Å². The number of methoxy groups -OCH3 is 1. The van der Waals surface area contributed by atoms with E-state index in [-0.39, 0.29) is 0 Å². The van der Waals surface area contributed by atoms with Crippen molar-refractivity contribution in [2.24, 2.45) is 5.92 Å². The Morgan fingerprint density at radius 1 is 1.15 bits per heavy atom. The van der Waals surface area contributed by atoms with Crippen LogP contribution in [0.15, 0.2) is 18.2 Å². The second kappa shape index (κ2) is 8.69. The third-order valence-electron chi connectivity index (χ3n) is 5.47. The van der Waals surface area contributed by atoms with Crippen LogP contribution in [0.5, 0.6) is 0 Å². The fourth-order valence-electron chi connectivity index (χ4n) is 3.97. The molecule has 0 N–H and O–H groups in total. The van der Waals surface area contributed by atoms with Crippen LogP contribution in [0.2, 0.25) is 5.02 Å². The lowest BCUT2D eigenvalue weighted by atomic mass is 9.98.